The molecule has 1 aliphatic heterocycles. The highest BCUT2D eigenvalue weighted by Crippen LogP contribution is 2.22. The van der Waals surface area contributed by atoms with Gasteiger partial charge < -0.3 is 15.5 Å². The maximum Gasteiger partial charge on any atom is 0.233 e. The summed E-state index contributed by atoms with van der Waals surface area (Å²) >= 11 is 17.4. The molecule has 1 aliphatic rings. The van der Waals surface area contributed by atoms with Gasteiger partial charge in [-0.3, -0.25) is 9.69 Å². The van der Waals surface area contributed by atoms with Crippen LogP contribution in [0.2, 0.25) is 10.0 Å². The van der Waals surface area contributed by atoms with E-state index in [1.165, 1.54) is 0 Å². The first-order valence-corrected chi connectivity index (χ1v) is 8.09. The van der Waals surface area contributed by atoms with Crippen LogP contribution in [0.4, 0.5) is 5.69 Å². The van der Waals surface area contributed by atoms with Crippen molar-refractivity contribution in [1.82, 2.24) is 15.1 Å². The average Bonchev–Trinajstić information content (AvgIpc) is 2.46. The molecule has 2 rings (SSSR count). The highest BCUT2D eigenvalue weighted by atomic mass is 35.5. The van der Waals surface area contributed by atoms with Gasteiger partial charge in [-0.25, -0.2) is 0 Å². The van der Waals surface area contributed by atoms with Gasteiger partial charge in [0, 0.05) is 49.0 Å². The maximum atomic E-state index is 11.4. The Morgan fingerprint density at radius 1 is 1.18 bits per heavy atom. The monoisotopic (exact) mass is 360 g/mol. The molecule has 5 nitrogen and oxygen atoms in total. The molecule has 2 N–H and O–H groups in total. The molecule has 0 saturated carbocycles. The molecule has 0 unspecified atom stereocenters. The maximum absolute atomic E-state index is 11.4. The fraction of sp³-hybridized carbons (Fsp3) is 0.429. The fourth-order valence-electron chi connectivity index (χ4n) is 2.22. The minimum atomic E-state index is 0.0303. The van der Waals surface area contributed by atoms with Crippen molar-refractivity contribution in [2.24, 2.45) is 0 Å². The van der Waals surface area contributed by atoms with Crippen molar-refractivity contribution in [2.75, 3.05) is 45.1 Å². The number of thiocarbonyl (C=S) groups is 1. The number of hydrogen-bond acceptors (Lipinski definition) is 3. The highest BCUT2D eigenvalue weighted by Gasteiger charge is 2.20. The second-order valence-electron chi connectivity index (χ2n) is 5.02. The van der Waals surface area contributed by atoms with Gasteiger partial charge in [-0.2, -0.15) is 0 Å². The second-order valence-corrected chi connectivity index (χ2v) is 6.28. The molecule has 0 bridgehead atoms. The lowest BCUT2D eigenvalue weighted by Gasteiger charge is -2.35. The summed E-state index contributed by atoms with van der Waals surface area (Å²) in [6.07, 6.45) is 0. The summed E-state index contributed by atoms with van der Waals surface area (Å²) in [4.78, 5) is 15.6. The summed E-state index contributed by atoms with van der Waals surface area (Å²) in [6, 6.07) is 5.23. The van der Waals surface area contributed by atoms with Gasteiger partial charge in [0.1, 0.15) is 0 Å². The average molecular weight is 361 g/mol. The van der Waals surface area contributed by atoms with Crippen LogP contribution in [-0.4, -0.2) is 60.6 Å². The van der Waals surface area contributed by atoms with E-state index in [0.717, 1.165) is 31.9 Å². The molecular weight excluding hydrogens is 343 g/mol. The third-order valence-electron chi connectivity index (χ3n) is 3.42. The lowest BCUT2D eigenvalue weighted by atomic mass is 10.3. The molecule has 1 aromatic carbocycles. The van der Waals surface area contributed by atoms with Gasteiger partial charge >= 0.3 is 0 Å². The predicted octanol–water partition coefficient (Wildman–Crippen LogP) is 2.05. The van der Waals surface area contributed by atoms with Crippen LogP contribution in [0.3, 0.4) is 0 Å². The van der Waals surface area contributed by atoms with Crippen LogP contribution in [0, 0.1) is 0 Å². The van der Waals surface area contributed by atoms with E-state index in [0.29, 0.717) is 21.7 Å². The topological polar surface area (TPSA) is 47.6 Å². The zero-order valence-corrected chi connectivity index (χ0v) is 14.6. The van der Waals surface area contributed by atoms with E-state index in [1.54, 1.807) is 25.2 Å². The Labute approximate surface area is 145 Å². The van der Waals surface area contributed by atoms with Crippen molar-refractivity contribution in [2.45, 2.75) is 0 Å². The lowest BCUT2D eigenvalue weighted by molar-refractivity contribution is -0.122. The predicted molar refractivity (Wildman–Crippen MR) is 94.8 cm³/mol. The van der Waals surface area contributed by atoms with E-state index >= 15 is 0 Å². The van der Waals surface area contributed by atoms with Crippen molar-refractivity contribution in [3.8, 4) is 0 Å². The third kappa shape index (κ3) is 4.98. The summed E-state index contributed by atoms with van der Waals surface area (Å²) in [5.41, 5.74) is 0.773. The molecule has 8 heteroatoms. The Bertz CT molecular complexity index is 542. The zero-order chi connectivity index (χ0) is 16.1. The molecule has 0 aromatic heterocycles. The summed E-state index contributed by atoms with van der Waals surface area (Å²) < 4.78 is 0. The molecule has 1 saturated heterocycles. The van der Waals surface area contributed by atoms with Crippen LogP contribution in [0.15, 0.2) is 18.2 Å². The molecule has 1 aromatic rings. The third-order valence-corrected chi connectivity index (χ3v) is 4.22. The number of hydrogen-bond donors (Lipinski definition) is 2. The van der Waals surface area contributed by atoms with Crippen molar-refractivity contribution in [3.05, 3.63) is 28.2 Å². The number of likely N-dealkylation sites (N-methyl/N-ethyl adjacent to an activating group) is 1. The number of benzene rings is 1. The van der Waals surface area contributed by atoms with Crippen LogP contribution in [0.25, 0.3) is 0 Å². The summed E-state index contributed by atoms with van der Waals surface area (Å²) in [7, 11) is 1.65. The number of carbonyl (C=O) groups excluding carboxylic acids is 1. The van der Waals surface area contributed by atoms with E-state index in [2.05, 4.69) is 20.4 Å². The number of rotatable bonds is 3. The van der Waals surface area contributed by atoms with Crippen LogP contribution < -0.4 is 10.6 Å². The van der Waals surface area contributed by atoms with Crippen LogP contribution in [0.5, 0.6) is 0 Å². The molecule has 22 heavy (non-hydrogen) atoms. The van der Waals surface area contributed by atoms with E-state index in [-0.39, 0.29) is 5.91 Å². The summed E-state index contributed by atoms with van der Waals surface area (Å²) in [6.45, 7) is 3.57. The Hall–Kier alpha value is -1.08. The number of carbonyl (C=O) groups is 1. The van der Waals surface area contributed by atoms with Crippen molar-refractivity contribution >= 4 is 52.1 Å². The molecule has 1 amide bonds. The van der Waals surface area contributed by atoms with E-state index in [9.17, 15) is 4.79 Å². The molecule has 0 spiro atoms. The largest absolute Gasteiger partial charge is 0.358 e. The van der Waals surface area contributed by atoms with Gasteiger partial charge in [-0.15, -0.1) is 0 Å². The van der Waals surface area contributed by atoms with Gasteiger partial charge in [-0.05, 0) is 30.4 Å². The molecule has 0 radical (unpaired) electrons. The van der Waals surface area contributed by atoms with Crippen LogP contribution in [0.1, 0.15) is 0 Å². The van der Waals surface area contributed by atoms with Gasteiger partial charge in [0.15, 0.2) is 5.11 Å². The Morgan fingerprint density at radius 2 is 1.77 bits per heavy atom. The Kier molecular flexibility index (Phi) is 6.26. The SMILES string of the molecule is CNC(=O)CN1CCN(C(=S)Nc2cc(Cl)cc(Cl)c2)CC1. The molecule has 1 heterocycles. The molecular formula is C14H18Cl2N4OS. The number of amides is 1. The van der Waals surface area contributed by atoms with Crippen molar-refractivity contribution < 1.29 is 4.79 Å². The van der Waals surface area contributed by atoms with Gasteiger partial charge in [0.05, 0.1) is 6.54 Å². The minimum Gasteiger partial charge on any atom is -0.358 e. The normalized spacial score (nSPS) is 15.5. The number of piperazine rings is 1. The standard InChI is InChI=1S/C14H18Cl2N4OS/c1-17-13(21)9-19-2-4-20(5-3-19)14(22)18-12-7-10(15)6-11(16)8-12/h6-8H,2-5,9H2,1H3,(H,17,21)(H,18,22). The molecule has 0 atom stereocenters. The van der Waals surface area contributed by atoms with Crippen molar-refractivity contribution in [3.63, 3.8) is 0 Å². The number of anilines is 1. The van der Waals surface area contributed by atoms with Gasteiger partial charge in [0.2, 0.25) is 5.91 Å². The molecule has 120 valence electrons. The smallest absolute Gasteiger partial charge is 0.233 e. The highest BCUT2D eigenvalue weighted by molar-refractivity contribution is 7.80. The summed E-state index contributed by atoms with van der Waals surface area (Å²) in [5.74, 6) is 0.0303. The first-order chi connectivity index (χ1) is 10.5. The molecule has 0 aliphatic carbocycles. The van der Waals surface area contributed by atoms with E-state index in [1.807, 2.05) is 0 Å². The molecule has 1 fully saturated rings. The minimum absolute atomic E-state index is 0.0303. The first-order valence-electron chi connectivity index (χ1n) is 6.93. The van der Waals surface area contributed by atoms with Crippen molar-refractivity contribution in [1.29, 1.82) is 0 Å². The number of nitrogens with zero attached hydrogens (tertiary/aromatic N) is 2. The zero-order valence-electron chi connectivity index (χ0n) is 12.2. The summed E-state index contributed by atoms with van der Waals surface area (Å²) in [5, 5.41) is 7.55. The Morgan fingerprint density at radius 3 is 2.32 bits per heavy atom. The number of halogens is 2. The van der Waals surface area contributed by atoms with Gasteiger partial charge in [0.25, 0.3) is 0 Å². The Balaban J connectivity index is 1.86. The second kappa shape index (κ2) is 7.97. The van der Waals surface area contributed by atoms with Crippen LogP contribution >= 0.6 is 35.4 Å². The van der Waals surface area contributed by atoms with Crippen LogP contribution in [-0.2, 0) is 4.79 Å². The van der Waals surface area contributed by atoms with E-state index < -0.39 is 0 Å². The van der Waals surface area contributed by atoms with E-state index in [4.69, 9.17) is 35.4 Å². The lowest BCUT2D eigenvalue weighted by Crippen LogP contribution is -2.51. The first kappa shape index (κ1) is 17.3. The quantitative estimate of drug-likeness (QED) is 0.807. The fourth-order valence-corrected chi connectivity index (χ4v) is 3.05. The van der Waals surface area contributed by atoms with Gasteiger partial charge in [-0.1, -0.05) is 23.2 Å². The number of nitrogens with one attached hydrogen (secondary N) is 2.